The Morgan fingerprint density at radius 3 is 2.16 bits per heavy atom. The molecule has 0 saturated carbocycles. The van der Waals surface area contributed by atoms with E-state index in [1.165, 1.54) is 15.9 Å². The summed E-state index contributed by atoms with van der Waals surface area (Å²) in [5, 5.41) is 13.5. The number of likely N-dealkylation sites (N-methyl/N-ethyl adjacent to an activating group) is 2. The Bertz CT molecular complexity index is 1590. The van der Waals surface area contributed by atoms with E-state index in [2.05, 4.69) is 10.0 Å². The highest BCUT2D eigenvalue weighted by Gasteiger charge is 2.32. The minimum absolute atomic E-state index is 0.00187. The zero-order valence-corrected chi connectivity index (χ0v) is 26.7. The van der Waals surface area contributed by atoms with Gasteiger partial charge < -0.3 is 20.2 Å². The summed E-state index contributed by atoms with van der Waals surface area (Å²) < 4.78 is 26.5. The molecule has 3 N–H and O–H groups in total. The molecule has 0 aliphatic rings. The SMILES string of the molecule is CN(C(=O)[C@@H](Cc1ccc2ccccc2c1)N(C)C(=O)/C=C/CC(C)(C)NC(=O)O)[C@@H](CNS(C)(=O)=O)Cc1ccccc1. The van der Waals surface area contributed by atoms with Crippen LogP contribution in [0.4, 0.5) is 4.79 Å². The van der Waals surface area contributed by atoms with Gasteiger partial charge in [0.05, 0.1) is 6.26 Å². The van der Waals surface area contributed by atoms with Gasteiger partial charge in [-0.3, -0.25) is 9.59 Å². The normalized spacial score (nSPS) is 13.4. The summed E-state index contributed by atoms with van der Waals surface area (Å²) in [6.07, 6.45) is 3.74. The van der Waals surface area contributed by atoms with E-state index < -0.39 is 39.6 Å². The molecule has 3 aromatic carbocycles. The number of hydrogen-bond donors (Lipinski definition) is 3. The second kappa shape index (κ2) is 15.0. The van der Waals surface area contributed by atoms with Crippen LogP contribution in [-0.4, -0.2) is 85.8 Å². The van der Waals surface area contributed by atoms with E-state index in [9.17, 15) is 22.8 Å². The van der Waals surface area contributed by atoms with Crippen LogP contribution in [0, 0.1) is 0 Å². The molecular weight excluding hydrogens is 580 g/mol. The van der Waals surface area contributed by atoms with Gasteiger partial charge in [0.25, 0.3) is 0 Å². The molecule has 0 aromatic heterocycles. The third-order valence-corrected chi connectivity index (χ3v) is 8.16. The van der Waals surface area contributed by atoms with Crippen molar-refractivity contribution < 1.29 is 27.9 Å². The lowest BCUT2D eigenvalue weighted by atomic mass is 9.98. The number of carbonyl (C=O) groups is 3. The number of rotatable bonds is 14. The average molecular weight is 623 g/mol. The van der Waals surface area contributed by atoms with Crippen LogP contribution in [0.2, 0.25) is 0 Å². The smallest absolute Gasteiger partial charge is 0.405 e. The number of fused-ring (bicyclic) bond motifs is 1. The van der Waals surface area contributed by atoms with Crippen LogP contribution in [0.15, 0.2) is 84.9 Å². The molecule has 0 aliphatic carbocycles. The number of amides is 3. The molecule has 2 atom stereocenters. The predicted molar refractivity (Wildman–Crippen MR) is 173 cm³/mol. The maximum absolute atomic E-state index is 14.2. The summed E-state index contributed by atoms with van der Waals surface area (Å²) in [4.78, 5) is 41.6. The largest absolute Gasteiger partial charge is 0.465 e. The Morgan fingerprint density at radius 2 is 1.52 bits per heavy atom. The molecule has 0 aliphatic heterocycles. The van der Waals surface area contributed by atoms with Crippen LogP contribution in [0.25, 0.3) is 10.8 Å². The van der Waals surface area contributed by atoms with Crippen molar-refractivity contribution in [2.24, 2.45) is 0 Å². The lowest BCUT2D eigenvalue weighted by molar-refractivity contribution is -0.142. The molecule has 3 amide bonds. The van der Waals surface area contributed by atoms with Crippen molar-refractivity contribution >= 4 is 38.7 Å². The lowest BCUT2D eigenvalue weighted by Crippen LogP contribution is -2.54. The number of carboxylic acid groups (broad SMARTS) is 1. The molecule has 3 aromatic rings. The topological polar surface area (TPSA) is 136 Å². The molecule has 0 spiro atoms. The number of nitrogens with one attached hydrogen (secondary N) is 2. The zero-order chi connectivity index (χ0) is 32.5. The number of carbonyl (C=O) groups excluding carboxylic acids is 2. The van der Waals surface area contributed by atoms with Crippen LogP contribution in [0.5, 0.6) is 0 Å². The fraction of sp³-hybridized carbons (Fsp3) is 0.364. The van der Waals surface area contributed by atoms with Gasteiger partial charge in [-0.25, -0.2) is 17.9 Å². The van der Waals surface area contributed by atoms with Crippen molar-refractivity contribution in [3.63, 3.8) is 0 Å². The first-order chi connectivity index (χ1) is 20.6. The molecule has 0 saturated heterocycles. The fourth-order valence-corrected chi connectivity index (χ4v) is 5.43. The molecule has 11 heteroatoms. The van der Waals surface area contributed by atoms with E-state index in [1.54, 1.807) is 34.0 Å². The maximum atomic E-state index is 14.2. The summed E-state index contributed by atoms with van der Waals surface area (Å²) in [7, 11) is -0.336. The molecule has 0 heterocycles. The molecule has 0 radical (unpaired) electrons. The van der Waals surface area contributed by atoms with Gasteiger partial charge in [0.2, 0.25) is 21.8 Å². The van der Waals surface area contributed by atoms with Gasteiger partial charge in [-0.1, -0.05) is 78.9 Å². The summed E-state index contributed by atoms with van der Waals surface area (Å²) in [6, 6.07) is 21.8. The first-order valence-corrected chi connectivity index (χ1v) is 16.2. The van der Waals surface area contributed by atoms with Crippen molar-refractivity contribution in [2.75, 3.05) is 26.9 Å². The third kappa shape index (κ3) is 10.5. The van der Waals surface area contributed by atoms with Crippen molar-refractivity contribution in [3.05, 3.63) is 96.1 Å². The van der Waals surface area contributed by atoms with Crippen LogP contribution in [0.1, 0.15) is 31.4 Å². The van der Waals surface area contributed by atoms with Gasteiger partial charge >= 0.3 is 6.09 Å². The van der Waals surface area contributed by atoms with Gasteiger partial charge in [0, 0.05) is 38.6 Å². The Morgan fingerprint density at radius 1 is 0.886 bits per heavy atom. The van der Waals surface area contributed by atoms with E-state index in [1.807, 2.05) is 72.8 Å². The average Bonchev–Trinajstić information content (AvgIpc) is 2.96. The van der Waals surface area contributed by atoms with Gasteiger partial charge in [0.15, 0.2) is 0 Å². The standard InChI is InChI=1S/C33H42N4O6S/c1-33(2,35-32(40)41)19-11-16-30(38)37(4)29(22-25-17-18-26-14-9-10-15-27(26)20-25)31(39)36(3)28(23-34-44(5,42)43)21-24-12-7-6-8-13-24/h6-18,20,28-29,34-35H,19,21-23H2,1-5H3,(H,40,41)/b16-11+/t28-,29-/m1/s1. The minimum Gasteiger partial charge on any atom is -0.465 e. The second-order valence-electron chi connectivity index (χ2n) is 11.7. The monoisotopic (exact) mass is 622 g/mol. The molecule has 44 heavy (non-hydrogen) atoms. The molecule has 0 bridgehead atoms. The van der Waals surface area contributed by atoms with Crippen molar-refractivity contribution in [1.29, 1.82) is 0 Å². The fourth-order valence-electron chi connectivity index (χ4n) is 4.94. The highest BCUT2D eigenvalue weighted by molar-refractivity contribution is 7.88. The molecular formula is C33H42N4O6S. The quantitative estimate of drug-likeness (QED) is 0.234. The number of sulfonamides is 1. The number of benzene rings is 3. The Labute approximate surface area is 259 Å². The van der Waals surface area contributed by atoms with Gasteiger partial charge in [-0.05, 0) is 54.7 Å². The number of nitrogens with zero attached hydrogens (tertiary/aromatic N) is 2. The van der Waals surface area contributed by atoms with Crippen LogP contribution in [0.3, 0.4) is 0 Å². The molecule has 0 fully saturated rings. The van der Waals surface area contributed by atoms with E-state index >= 15 is 0 Å². The number of hydrogen-bond acceptors (Lipinski definition) is 5. The van der Waals surface area contributed by atoms with Crippen molar-refractivity contribution in [2.45, 2.75) is 50.7 Å². The summed E-state index contributed by atoms with van der Waals surface area (Å²) >= 11 is 0. The first-order valence-electron chi connectivity index (χ1n) is 14.3. The Kier molecular flexibility index (Phi) is 11.7. The van der Waals surface area contributed by atoms with Gasteiger partial charge in [0.1, 0.15) is 6.04 Å². The summed E-state index contributed by atoms with van der Waals surface area (Å²) in [5.74, 6) is -0.760. The van der Waals surface area contributed by atoms with Crippen molar-refractivity contribution in [1.82, 2.24) is 19.8 Å². The van der Waals surface area contributed by atoms with E-state index in [0.29, 0.717) is 6.42 Å². The van der Waals surface area contributed by atoms with Crippen LogP contribution in [-0.2, 0) is 32.5 Å². The molecule has 3 rings (SSSR count). The van der Waals surface area contributed by atoms with Crippen LogP contribution >= 0.6 is 0 Å². The first kappa shape index (κ1) is 34.3. The molecule has 236 valence electrons. The lowest BCUT2D eigenvalue weighted by Gasteiger charge is -2.35. The third-order valence-electron chi connectivity index (χ3n) is 7.47. The predicted octanol–water partition coefficient (Wildman–Crippen LogP) is 3.82. The van der Waals surface area contributed by atoms with Gasteiger partial charge in [-0.15, -0.1) is 0 Å². The van der Waals surface area contributed by atoms with Crippen LogP contribution < -0.4 is 10.0 Å². The maximum Gasteiger partial charge on any atom is 0.405 e. The Balaban J connectivity index is 1.92. The minimum atomic E-state index is -3.52. The second-order valence-corrected chi connectivity index (χ2v) is 13.5. The highest BCUT2D eigenvalue weighted by atomic mass is 32.2. The van der Waals surface area contributed by atoms with E-state index in [0.717, 1.165) is 28.2 Å². The van der Waals surface area contributed by atoms with E-state index in [4.69, 9.17) is 5.11 Å². The van der Waals surface area contributed by atoms with Gasteiger partial charge in [-0.2, -0.15) is 0 Å². The molecule has 0 unspecified atom stereocenters. The van der Waals surface area contributed by atoms with Crippen molar-refractivity contribution in [3.8, 4) is 0 Å². The Hall–Kier alpha value is -4.22. The summed E-state index contributed by atoms with van der Waals surface area (Å²) in [6.45, 7) is 3.41. The molecule has 10 nitrogen and oxygen atoms in total. The highest BCUT2D eigenvalue weighted by Crippen LogP contribution is 2.20. The van der Waals surface area contributed by atoms with E-state index in [-0.39, 0.29) is 25.3 Å². The zero-order valence-electron chi connectivity index (χ0n) is 25.9. The summed E-state index contributed by atoms with van der Waals surface area (Å²) in [5.41, 5.74) is 1.00.